The van der Waals surface area contributed by atoms with Gasteiger partial charge in [-0.1, -0.05) is 30.3 Å². The van der Waals surface area contributed by atoms with Crippen LogP contribution in [0.15, 0.2) is 48.5 Å². The highest BCUT2D eigenvalue weighted by atomic mass is 16.5. The van der Waals surface area contributed by atoms with Crippen LogP contribution in [0.3, 0.4) is 0 Å². The number of hydrogen-bond acceptors (Lipinski definition) is 3. The number of methoxy groups -OCH3 is 1. The molecule has 2 rings (SSSR count). The van der Waals surface area contributed by atoms with Crippen LogP contribution in [-0.2, 0) is 6.42 Å². The van der Waals surface area contributed by atoms with Gasteiger partial charge in [-0.2, -0.15) is 0 Å². The Kier molecular flexibility index (Phi) is 4.72. The van der Waals surface area contributed by atoms with E-state index >= 15 is 0 Å². The number of rotatable bonds is 6. The van der Waals surface area contributed by atoms with E-state index in [1.54, 1.807) is 48.5 Å². The molecule has 4 heteroatoms. The molecule has 108 valence electrons. The lowest BCUT2D eigenvalue weighted by molar-refractivity contribution is 0.0694. The summed E-state index contributed by atoms with van der Waals surface area (Å²) in [4.78, 5) is 23.4. The van der Waals surface area contributed by atoms with E-state index < -0.39 is 5.97 Å². The number of carbonyl (C=O) groups excluding carboxylic acids is 1. The Morgan fingerprint density at radius 1 is 1.00 bits per heavy atom. The van der Waals surface area contributed by atoms with Crippen molar-refractivity contribution in [3.05, 3.63) is 65.2 Å². The lowest BCUT2D eigenvalue weighted by Crippen LogP contribution is -2.07. The van der Waals surface area contributed by atoms with Crippen molar-refractivity contribution in [1.29, 1.82) is 0 Å². The molecule has 0 aliphatic heterocycles. The number of benzene rings is 2. The number of carboxylic acids is 1. The second-order valence-corrected chi connectivity index (χ2v) is 4.59. The van der Waals surface area contributed by atoms with Crippen LogP contribution in [0.25, 0.3) is 0 Å². The first-order chi connectivity index (χ1) is 10.1. The molecule has 0 aliphatic rings. The standard InChI is InChI=1S/C17H16O4/c1-21-16-9-5-4-8-14(16)15(18)11-10-12-6-2-3-7-13(12)17(19)20/h2-9H,10-11H2,1H3,(H,19,20). The summed E-state index contributed by atoms with van der Waals surface area (Å²) in [6.07, 6.45) is 0.629. The van der Waals surface area contributed by atoms with Gasteiger partial charge >= 0.3 is 5.97 Å². The number of para-hydroxylation sites is 1. The molecular weight excluding hydrogens is 268 g/mol. The highest BCUT2D eigenvalue weighted by Crippen LogP contribution is 2.20. The maximum atomic E-state index is 12.3. The van der Waals surface area contributed by atoms with Crippen LogP contribution in [0, 0.1) is 0 Å². The number of hydrogen-bond donors (Lipinski definition) is 1. The fraction of sp³-hybridized carbons (Fsp3) is 0.176. The summed E-state index contributed by atoms with van der Waals surface area (Å²) in [6.45, 7) is 0. The Labute approximate surface area is 123 Å². The second kappa shape index (κ2) is 6.70. The van der Waals surface area contributed by atoms with Crippen molar-refractivity contribution in [3.63, 3.8) is 0 Å². The Morgan fingerprint density at radius 3 is 2.29 bits per heavy atom. The van der Waals surface area contributed by atoms with Gasteiger partial charge in [-0.05, 0) is 30.2 Å². The van der Waals surface area contributed by atoms with Crippen molar-refractivity contribution in [3.8, 4) is 5.75 Å². The van der Waals surface area contributed by atoms with E-state index in [1.165, 1.54) is 7.11 Å². The summed E-state index contributed by atoms with van der Waals surface area (Å²) in [5.74, 6) is -0.503. The van der Waals surface area contributed by atoms with Crippen molar-refractivity contribution in [2.75, 3.05) is 7.11 Å². The third kappa shape index (κ3) is 3.48. The van der Waals surface area contributed by atoms with Crippen molar-refractivity contribution in [2.45, 2.75) is 12.8 Å². The van der Waals surface area contributed by atoms with Gasteiger partial charge < -0.3 is 9.84 Å². The average molecular weight is 284 g/mol. The number of aryl methyl sites for hydroxylation is 1. The fourth-order valence-corrected chi connectivity index (χ4v) is 2.20. The molecule has 1 N–H and O–H groups in total. The average Bonchev–Trinajstić information content (AvgIpc) is 2.52. The molecule has 0 unspecified atom stereocenters. The molecular formula is C17H16O4. The van der Waals surface area contributed by atoms with Crippen LogP contribution in [0.1, 0.15) is 32.7 Å². The minimum atomic E-state index is -0.977. The van der Waals surface area contributed by atoms with Crippen LogP contribution in [0.4, 0.5) is 0 Å². The molecule has 0 aliphatic carbocycles. The minimum Gasteiger partial charge on any atom is -0.496 e. The van der Waals surface area contributed by atoms with Gasteiger partial charge in [0.1, 0.15) is 5.75 Å². The zero-order valence-electron chi connectivity index (χ0n) is 11.7. The monoisotopic (exact) mass is 284 g/mol. The molecule has 0 fully saturated rings. The Balaban J connectivity index is 2.13. The van der Waals surface area contributed by atoms with Crippen LogP contribution in [0.2, 0.25) is 0 Å². The highest BCUT2D eigenvalue weighted by Gasteiger charge is 2.14. The molecule has 0 atom stereocenters. The number of carboxylic acid groups (broad SMARTS) is 1. The van der Waals surface area contributed by atoms with E-state index in [4.69, 9.17) is 9.84 Å². The summed E-state index contributed by atoms with van der Waals surface area (Å²) in [5.41, 5.74) is 1.42. The summed E-state index contributed by atoms with van der Waals surface area (Å²) < 4.78 is 5.17. The molecule has 0 saturated carbocycles. The van der Waals surface area contributed by atoms with Crippen LogP contribution >= 0.6 is 0 Å². The predicted molar refractivity (Wildman–Crippen MR) is 79.0 cm³/mol. The third-order valence-corrected chi connectivity index (χ3v) is 3.28. The van der Waals surface area contributed by atoms with E-state index in [0.717, 1.165) is 0 Å². The smallest absolute Gasteiger partial charge is 0.335 e. The molecule has 2 aromatic carbocycles. The number of aromatic carboxylic acids is 1. The summed E-state index contributed by atoms with van der Waals surface area (Å²) in [6, 6.07) is 13.8. The molecule has 0 bridgehead atoms. The van der Waals surface area contributed by atoms with Crippen molar-refractivity contribution in [1.82, 2.24) is 0 Å². The van der Waals surface area contributed by atoms with Crippen molar-refractivity contribution < 1.29 is 19.4 Å². The molecule has 0 heterocycles. The molecule has 2 aromatic rings. The van der Waals surface area contributed by atoms with Gasteiger partial charge in [-0.25, -0.2) is 4.79 Å². The van der Waals surface area contributed by atoms with Gasteiger partial charge in [0.25, 0.3) is 0 Å². The van der Waals surface area contributed by atoms with E-state index in [0.29, 0.717) is 23.3 Å². The molecule has 21 heavy (non-hydrogen) atoms. The molecule has 0 amide bonds. The molecule has 0 aromatic heterocycles. The molecule has 4 nitrogen and oxygen atoms in total. The van der Waals surface area contributed by atoms with E-state index in [9.17, 15) is 9.59 Å². The van der Waals surface area contributed by atoms with Gasteiger partial charge in [0.15, 0.2) is 5.78 Å². The van der Waals surface area contributed by atoms with Crippen LogP contribution in [-0.4, -0.2) is 24.0 Å². The number of Topliss-reactive ketones (excluding diaryl/α,β-unsaturated/α-hetero) is 1. The topological polar surface area (TPSA) is 63.6 Å². The summed E-state index contributed by atoms with van der Waals surface area (Å²) >= 11 is 0. The first-order valence-corrected chi connectivity index (χ1v) is 6.61. The van der Waals surface area contributed by atoms with Gasteiger partial charge in [0.05, 0.1) is 18.2 Å². The Hall–Kier alpha value is -2.62. The molecule has 0 saturated heterocycles. The van der Waals surface area contributed by atoms with E-state index in [2.05, 4.69) is 0 Å². The zero-order valence-corrected chi connectivity index (χ0v) is 11.7. The zero-order chi connectivity index (χ0) is 15.2. The third-order valence-electron chi connectivity index (χ3n) is 3.28. The lowest BCUT2D eigenvalue weighted by Gasteiger charge is -2.08. The normalized spacial score (nSPS) is 10.1. The maximum Gasteiger partial charge on any atom is 0.335 e. The van der Waals surface area contributed by atoms with Crippen LogP contribution < -0.4 is 4.74 Å². The summed E-state index contributed by atoms with van der Waals surface area (Å²) in [5, 5.41) is 9.13. The number of carbonyl (C=O) groups is 2. The summed E-state index contributed by atoms with van der Waals surface area (Å²) in [7, 11) is 1.52. The quantitative estimate of drug-likeness (QED) is 0.827. The van der Waals surface area contributed by atoms with Crippen molar-refractivity contribution >= 4 is 11.8 Å². The Bertz CT molecular complexity index is 661. The van der Waals surface area contributed by atoms with Crippen molar-refractivity contribution in [2.24, 2.45) is 0 Å². The van der Waals surface area contributed by atoms with E-state index in [-0.39, 0.29) is 17.8 Å². The number of ketones is 1. The molecule has 0 radical (unpaired) electrons. The lowest BCUT2D eigenvalue weighted by atomic mass is 9.99. The maximum absolute atomic E-state index is 12.3. The highest BCUT2D eigenvalue weighted by molar-refractivity contribution is 5.99. The van der Waals surface area contributed by atoms with Crippen LogP contribution in [0.5, 0.6) is 5.75 Å². The first kappa shape index (κ1) is 14.8. The fourth-order valence-electron chi connectivity index (χ4n) is 2.20. The molecule has 0 spiro atoms. The second-order valence-electron chi connectivity index (χ2n) is 4.59. The van der Waals surface area contributed by atoms with Gasteiger partial charge in [-0.3, -0.25) is 4.79 Å². The largest absolute Gasteiger partial charge is 0.496 e. The Morgan fingerprint density at radius 2 is 1.62 bits per heavy atom. The first-order valence-electron chi connectivity index (χ1n) is 6.61. The number of ether oxygens (including phenoxy) is 1. The van der Waals surface area contributed by atoms with E-state index in [1.807, 2.05) is 0 Å². The minimum absolute atomic E-state index is 0.0624. The van der Waals surface area contributed by atoms with Gasteiger partial charge in [-0.15, -0.1) is 0 Å². The van der Waals surface area contributed by atoms with Gasteiger partial charge in [0.2, 0.25) is 0 Å². The SMILES string of the molecule is COc1ccccc1C(=O)CCc1ccccc1C(=O)O. The van der Waals surface area contributed by atoms with Gasteiger partial charge in [0, 0.05) is 6.42 Å². The predicted octanol–water partition coefficient (Wildman–Crippen LogP) is 3.21.